The van der Waals surface area contributed by atoms with Gasteiger partial charge in [0.05, 0.1) is 5.56 Å². The lowest BCUT2D eigenvalue weighted by Crippen LogP contribution is -2.19. The van der Waals surface area contributed by atoms with Crippen LogP contribution in [0.1, 0.15) is 16.7 Å². The first kappa shape index (κ1) is 18.8. The van der Waals surface area contributed by atoms with Gasteiger partial charge in [0.25, 0.3) is 0 Å². The van der Waals surface area contributed by atoms with Crippen molar-refractivity contribution in [1.29, 1.82) is 0 Å². The molecule has 0 saturated heterocycles. The first-order valence-electron chi connectivity index (χ1n) is 6.57. The lowest BCUT2D eigenvalue weighted by Gasteiger charge is -2.13. The summed E-state index contributed by atoms with van der Waals surface area (Å²) >= 11 is 5.79. The Morgan fingerprint density at radius 3 is 2.23 bits per heavy atom. The van der Waals surface area contributed by atoms with E-state index in [0.717, 1.165) is 18.1 Å². The molecule has 2 rings (SSSR count). The quantitative estimate of drug-likeness (QED) is 0.739. The summed E-state index contributed by atoms with van der Waals surface area (Å²) in [5.74, 6) is 0. The molecule has 2 aromatic rings. The van der Waals surface area contributed by atoms with Crippen LogP contribution in [-0.4, -0.2) is 6.54 Å². The van der Waals surface area contributed by atoms with Gasteiger partial charge in [-0.2, -0.15) is 13.2 Å². The van der Waals surface area contributed by atoms with Gasteiger partial charge in [0.2, 0.25) is 0 Å². The van der Waals surface area contributed by atoms with Gasteiger partial charge in [-0.25, -0.2) is 0 Å². The van der Waals surface area contributed by atoms with E-state index in [2.05, 4.69) is 5.32 Å². The van der Waals surface area contributed by atoms with E-state index in [1.165, 1.54) is 12.1 Å². The van der Waals surface area contributed by atoms with Crippen molar-refractivity contribution in [2.75, 3.05) is 6.54 Å². The highest BCUT2D eigenvalue weighted by Crippen LogP contribution is 2.31. The van der Waals surface area contributed by atoms with E-state index in [4.69, 9.17) is 11.6 Å². The van der Waals surface area contributed by atoms with Crippen molar-refractivity contribution in [3.8, 4) is 0 Å². The molecule has 0 atom stereocenters. The molecule has 2 aromatic carbocycles. The fourth-order valence-corrected chi connectivity index (χ4v) is 2.18. The van der Waals surface area contributed by atoms with Crippen molar-refractivity contribution in [2.24, 2.45) is 0 Å². The van der Waals surface area contributed by atoms with E-state index >= 15 is 0 Å². The minimum Gasteiger partial charge on any atom is -0.312 e. The zero-order valence-electron chi connectivity index (χ0n) is 11.7. The van der Waals surface area contributed by atoms with E-state index < -0.39 is 11.7 Å². The Kier molecular flexibility index (Phi) is 7.20. The van der Waals surface area contributed by atoms with E-state index in [0.29, 0.717) is 11.6 Å². The Morgan fingerprint density at radius 1 is 0.955 bits per heavy atom. The van der Waals surface area contributed by atoms with Crippen LogP contribution in [-0.2, 0) is 19.1 Å². The monoisotopic (exact) mass is 349 g/mol. The van der Waals surface area contributed by atoms with Gasteiger partial charge in [-0.1, -0.05) is 41.9 Å². The average Bonchev–Trinajstić information content (AvgIpc) is 2.45. The van der Waals surface area contributed by atoms with Crippen LogP contribution in [0.5, 0.6) is 0 Å². The molecule has 0 heterocycles. The number of rotatable bonds is 5. The summed E-state index contributed by atoms with van der Waals surface area (Å²) in [4.78, 5) is 0. The average molecular weight is 350 g/mol. The minimum absolute atomic E-state index is 0. The van der Waals surface area contributed by atoms with E-state index in [1.54, 1.807) is 18.2 Å². The van der Waals surface area contributed by atoms with E-state index in [1.807, 2.05) is 12.1 Å². The van der Waals surface area contributed by atoms with Crippen molar-refractivity contribution in [3.63, 3.8) is 0 Å². The fourth-order valence-electron chi connectivity index (χ4n) is 2.06. The topological polar surface area (TPSA) is 12.0 Å². The molecule has 0 aliphatic heterocycles. The SMILES string of the molecule is Cl.FC(F)(F)c1ccccc1CNCCc1ccc(Cl)cc1. The third-order valence-corrected chi connectivity index (χ3v) is 3.39. The molecule has 120 valence electrons. The van der Waals surface area contributed by atoms with Crippen molar-refractivity contribution in [2.45, 2.75) is 19.1 Å². The number of nitrogens with one attached hydrogen (secondary N) is 1. The maximum Gasteiger partial charge on any atom is 0.416 e. The second-order valence-corrected chi connectivity index (χ2v) is 5.14. The van der Waals surface area contributed by atoms with Gasteiger partial charge in [-0.3, -0.25) is 0 Å². The molecule has 1 N–H and O–H groups in total. The standard InChI is InChI=1S/C16H15ClF3N.ClH/c17-14-7-5-12(6-8-14)9-10-21-11-13-3-1-2-4-15(13)16(18,19)20;/h1-8,21H,9-11H2;1H. The molecule has 0 aliphatic rings. The van der Waals surface area contributed by atoms with E-state index in [-0.39, 0.29) is 24.5 Å². The Bertz CT molecular complexity index is 583. The molecule has 0 radical (unpaired) electrons. The van der Waals surface area contributed by atoms with Gasteiger partial charge in [0, 0.05) is 11.6 Å². The minimum atomic E-state index is -4.31. The Hall–Kier alpha value is -1.23. The predicted molar refractivity (Wildman–Crippen MR) is 85.6 cm³/mol. The summed E-state index contributed by atoms with van der Waals surface area (Å²) < 4.78 is 38.5. The lowest BCUT2D eigenvalue weighted by molar-refractivity contribution is -0.138. The second-order valence-electron chi connectivity index (χ2n) is 4.71. The molecular formula is C16H16Cl2F3N. The van der Waals surface area contributed by atoms with Crippen molar-refractivity contribution < 1.29 is 13.2 Å². The van der Waals surface area contributed by atoms with Gasteiger partial charge < -0.3 is 5.32 Å². The predicted octanol–water partition coefficient (Wildman–Crippen LogP) is 5.11. The maximum absolute atomic E-state index is 12.8. The highest BCUT2D eigenvalue weighted by molar-refractivity contribution is 6.30. The van der Waals surface area contributed by atoms with Crippen LogP contribution >= 0.6 is 24.0 Å². The maximum atomic E-state index is 12.8. The third kappa shape index (κ3) is 5.52. The van der Waals surface area contributed by atoms with Crippen molar-refractivity contribution in [1.82, 2.24) is 5.32 Å². The fraction of sp³-hybridized carbons (Fsp3) is 0.250. The molecule has 0 spiro atoms. The van der Waals surface area contributed by atoms with Crippen LogP contribution in [0, 0.1) is 0 Å². The van der Waals surface area contributed by atoms with Crippen LogP contribution in [0.25, 0.3) is 0 Å². The molecule has 0 bridgehead atoms. The summed E-state index contributed by atoms with van der Waals surface area (Å²) in [7, 11) is 0. The molecule has 0 unspecified atom stereocenters. The summed E-state index contributed by atoms with van der Waals surface area (Å²) in [5, 5.41) is 3.72. The van der Waals surface area contributed by atoms with Gasteiger partial charge in [0.15, 0.2) is 0 Å². The largest absolute Gasteiger partial charge is 0.416 e. The van der Waals surface area contributed by atoms with Gasteiger partial charge in [-0.05, 0) is 42.3 Å². The van der Waals surface area contributed by atoms with Gasteiger partial charge >= 0.3 is 6.18 Å². The van der Waals surface area contributed by atoms with Crippen molar-refractivity contribution in [3.05, 3.63) is 70.2 Å². The molecular weight excluding hydrogens is 334 g/mol. The van der Waals surface area contributed by atoms with Gasteiger partial charge in [0.1, 0.15) is 0 Å². The molecule has 22 heavy (non-hydrogen) atoms. The van der Waals surface area contributed by atoms with Crippen LogP contribution < -0.4 is 5.32 Å². The number of benzene rings is 2. The molecule has 0 fully saturated rings. The zero-order chi connectivity index (χ0) is 15.3. The number of alkyl halides is 3. The van der Waals surface area contributed by atoms with Crippen molar-refractivity contribution >= 4 is 24.0 Å². The van der Waals surface area contributed by atoms with Crippen LogP contribution in [0.4, 0.5) is 13.2 Å². The number of halogens is 5. The zero-order valence-corrected chi connectivity index (χ0v) is 13.2. The molecule has 0 aliphatic carbocycles. The number of hydrogen-bond donors (Lipinski definition) is 1. The van der Waals surface area contributed by atoms with Gasteiger partial charge in [-0.15, -0.1) is 12.4 Å². The molecule has 0 amide bonds. The van der Waals surface area contributed by atoms with Crippen LogP contribution in [0.3, 0.4) is 0 Å². The summed E-state index contributed by atoms with van der Waals surface area (Å²) in [6.45, 7) is 0.803. The first-order chi connectivity index (χ1) is 9.97. The summed E-state index contributed by atoms with van der Waals surface area (Å²) in [5.41, 5.74) is 0.779. The highest BCUT2D eigenvalue weighted by Gasteiger charge is 2.32. The Labute approximate surface area is 138 Å². The normalized spacial score (nSPS) is 11.1. The Morgan fingerprint density at radius 2 is 1.59 bits per heavy atom. The highest BCUT2D eigenvalue weighted by atomic mass is 35.5. The summed E-state index contributed by atoms with van der Waals surface area (Å²) in [6, 6.07) is 13.0. The molecule has 6 heteroatoms. The molecule has 0 aromatic heterocycles. The smallest absolute Gasteiger partial charge is 0.312 e. The molecule has 1 nitrogen and oxygen atoms in total. The lowest BCUT2D eigenvalue weighted by atomic mass is 10.1. The second kappa shape index (κ2) is 8.42. The number of hydrogen-bond acceptors (Lipinski definition) is 1. The summed E-state index contributed by atoms with van der Waals surface area (Å²) in [6.07, 6.45) is -3.57. The van der Waals surface area contributed by atoms with E-state index in [9.17, 15) is 13.2 Å². The van der Waals surface area contributed by atoms with Crippen LogP contribution in [0.15, 0.2) is 48.5 Å². The first-order valence-corrected chi connectivity index (χ1v) is 6.95. The Balaban J connectivity index is 0.00000242. The molecule has 0 saturated carbocycles. The third-order valence-electron chi connectivity index (χ3n) is 3.14. The van der Waals surface area contributed by atoms with Crippen LogP contribution in [0.2, 0.25) is 5.02 Å².